The highest BCUT2D eigenvalue weighted by Crippen LogP contribution is 2.30. The van der Waals surface area contributed by atoms with E-state index in [4.69, 9.17) is 24.8 Å². The van der Waals surface area contributed by atoms with Gasteiger partial charge >= 0.3 is 0 Å². The van der Waals surface area contributed by atoms with Gasteiger partial charge in [0.05, 0.1) is 25.5 Å². The number of morpholine rings is 1. The molecule has 3 aromatic heterocycles. The number of piperazine rings is 1. The summed E-state index contributed by atoms with van der Waals surface area (Å²) in [6.45, 7) is 10.2. The van der Waals surface area contributed by atoms with Crippen LogP contribution >= 0.6 is 11.3 Å². The third-order valence-electron chi connectivity index (χ3n) is 6.65. The van der Waals surface area contributed by atoms with E-state index < -0.39 is 0 Å². The van der Waals surface area contributed by atoms with Crippen LogP contribution < -0.4 is 4.90 Å². The van der Waals surface area contributed by atoms with Gasteiger partial charge in [-0.3, -0.25) is 4.90 Å². The summed E-state index contributed by atoms with van der Waals surface area (Å²) in [6, 6.07) is 10.4. The van der Waals surface area contributed by atoms with Gasteiger partial charge < -0.3 is 14.5 Å². The Hall–Kier alpha value is -2.92. The molecular formula is C25H30N8OS. The minimum atomic E-state index is 0.577. The Morgan fingerprint density at radius 1 is 0.971 bits per heavy atom. The second-order valence-electron chi connectivity index (χ2n) is 9.30. The Kier molecular flexibility index (Phi) is 6.19. The SMILES string of the molecule is Cc1cccc(-c2ccn(-c3nc(N4CCOCC4)c4nc(CN5CCN(C)CC5)sc4n3)n2)c1. The maximum absolute atomic E-state index is 5.59. The van der Waals surface area contributed by atoms with Crippen molar-refractivity contribution in [1.82, 2.24) is 34.5 Å². The summed E-state index contributed by atoms with van der Waals surface area (Å²) >= 11 is 1.67. The van der Waals surface area contributed by atoms with Crippen LogP contribution in [-0.2, 0) is 11.3 Å². The van der Waals surface area contributed by atoms with E-state index in [9.17, 15) is 0 Å². The Morgan fingerprint density at radius 3 is 2.60 bits per heavy atom. The minimum Gasteiger partial charge on any atom is -0.378 e. The lowest BCUT2D eigenvalue weighted by Gasteiger charge is -2.31. The smallest absolute Gasteiger partial charge is 0.254 e. The minimum absolute atomic E-state index is 0.577. The Bertz CT molecular complexity index is 1320. The summed E-state index contributed by atoms with van der Waals surface area (Å²) in [7, 11) is 2.18. The number of hydrogen-bond donors (Lipinski definition) is 0. The number of rotatable bonds is 5. The zero-order valence-electron chi connectivity index (χ0n) is 20.2. The number of hydrogen-bond acceptors (Lipinski definition) is 9. The van der Waals surface area contributed by atoms with Gasteiger partial charge in [0.2, 0.25) is 0 Å². The van der Waals surface area contributed by atoms with Gasteiger partial charge in [-0.05, 0) is 26.1 Å². The van der Waals surface area contributed by atoms with Crippen LogP contribution in [0.15, 0.2) is 36.5 Å². The molecule has 5 heterocycles. The third-order valence-corrected chi connectivity index (χ3v) is 7.58. The molecule has 4 aromatic rings. The van der Waals surface area contributed by atoms with Crippen LogP contribution in [0, 0.1) is 6.92 Å². The van der Waals surface area contributed by atoms with Gasteiger partial charge in [0.15, 0.2) is 10.6 Å². The van der Waals surface area contributed by atoms with E-state index in [0.717, 1.165) is 78.2 Å². The summed E-state index contributed by atoms with van der Waals surface area (Å²) < 4.78 is 7.37. The number of anilines is 1. The highest BCUT2D eigenvalue weighted by Gasteiger charge is 2.23. The molecule has 2 fully saturated rings. The molecule has 0 amide bonds. The van der Waals surface area contributed by atoms with E-state index in [2.05, 4.69) is 52.9 Å². The monoisotopic (exact) mass is 490 g/mol. The van der Waals surface area contributed by atoms with E-state index >= 15 is 0 Å². The summed E-state index contributed by atoms with van der Waals surface area (Å²) in [6.07, 6.45) is 1.94. The molecule has 2 aliphatic heterocycles. The van der Waals surface area contributed by atoms with Crippen LogP contribution in [0.5, 0.6) is 0 Å². The summed E-state index contributed by atoms with van der Waals surface area (Å²) in [4.78, 5) is 22.9. The van der Waals surface area contributed by atoms with Crippen molar-refractivity contribution in [2.45, 2.75) is 13.5 Å². The standard InChI is InChI=1S/C25H30N8OS/c1-18-4-3-5-19(16-18)20-6-7-33(29-20)25-27-23(32-12-14-34-15-13-32)22-24(28-25)35-21(26-22)17-31-10-8-30(2)9-11-31/h3-7,16H,8-15,17H2,1-2H3. The van der Waals surface area contributed by atoms with Crippen molar-refractivity contribution in [1.29, 1.82) is 0 Å². The van der Waals surface area contributed by atoms with Crippen LogP contribution in [0.2, 0.25) is 0 Å². The van der Waals surface area contributed by atoms with Gasteiger partial charge in [0, 0.05) is 51.0 Å². The molecule has 0 radical (unpaired) electrons. The van der Waals surface area contributed by atoms with Gasteiger partial charge in [-0.15, -0.1) is 0 Å². The van der Waals surface area contributed by atoms with E-state index in [1.54, 1.807) is 16.0 Å². The van der Waals surface area contributed by atoms with E-state index in [1.807, 2.05) is 12.3 Å². The van der Waals surface area contributed by atoms with E-state index in [-0.39, 0.29) is 0 Å². The number of fused-ring (bicyclic) bond motifs is 1. The van der Waals surface area contributed by atoms with Crippen molar-refractivity contribution >= 4 is 27.5 Å². The molecule has 0 atom stereocenters. The first-order valence-electron chi connectivity index (χ1n) is 12.2. The fourth-order valence-electron chi connectivity index (χ4n) is 4.60. The van der Waals surface area contributed by atoms with Crippen LogP contribution in [-0.4, -0.2) is 94.1 Å². The van der Waals surface area contributed by atoms with Crippen molar-refractivity contribution < 1.29 is 4.74 Å². The van der Waals surface area contributed by atoms with Crippen LogP contribution in [0.1, 0.15) is 10.6 Å². The van der Waals surface area contributed by atoms with Gasteiger partial charge in [0.25, 0.3) is 5.95 Å². The number of thiazole rings is 1. The number of benzene rings is 1. The average Bonchev–Trinajstić information content (AvgIpc) is 3.53. The molecule has 0 unspecified atom stereocenters. The second-order valence-corrected chi connectivity index (χ2v) is 10.4. The van der Waals surface area contributed by atoms with Gasteiger partial charge in [-0.25, -0.2) is 9.67 Å². The largest absolute Gasteiger partial charge is 0.378 e. The summed E-state index contributed by atoms with van der Waals surface area (Å²) in [5, 5.41) is 5.90. The number of ether oxygens (including phenoxy) is 1. The van der Waals surface area contributed by atoms with Crippen molar-refractivity contribution in [3.8, 4) is 17.2 Å². The van der Waals surface area contributed by atoms with E-state index in [0.29, 0.717) is 19.2 Å². The topological polar surface area (TPSA) is 75.4 Å². The Labute approximate surface area is 209 Å². The first-order chi connectivity index (χ1) is 17.1. The molecule has 35 heavy (non-hydrogen) atoms. The lowest BCUT2D eigenvalue weighted by atomic mass is 10.1. The average molecular weight is 491 g/mol. The summed E-state index contributed by atoms with van der Waals surface area (Å²) in [5.41, 5.74) is 4.09. The number of likely N-dealkylation sites (N-methyl/N-ethyl adjacent to an activating group) is 1. The van der Waals surface area contributed by atoms with Crippen LogP contribution in [0.4, 0.5) is 5.82 Å². The molecule has 0 bridgehead atoms. The first kappa shape index (κ1) is 22.5. The predicted molar refractivity (Wildman–Crippen MR) is 138 cm³/mol. The Balaban J connectivity index is 1.36. The van der Waals surface area contributed by atoms with Crippen LogP contribution in [0.3, 0.4) is 0 Å². The summed E-state index contributed by atoms with van der Waals surface area (Å²) in [5.74, 6) is 1.45. The van der Waals surface area contributed by atoms with Crippen molar-refractivity contribution in [2.24, 2.45) is 0 Å². The third kappa shape index (κ3) is 4.79. The molecule has 6 rings (SSSR count). The molecule has 0 saturated carbocycles. The Morgan fingerprint density at radius 2 is 1.80 bits per heavy atom. The highest BCUT2D eigenvalue weighted by molar-refractivity contribution is 7.18. The molecule has 2 aliphatic rings. The molecule has 9 nitrogen and oxygen atoms in total. The number of nitrogens with zero attached hydrogens (tertiary/aromatic N) is 8. The van der Waals surface area contributed by atoms with Crippen molar-refractivity contribution in [2.75, 3.05) is 64.4 Å². The van der Waals surface area contributed by atoms with E-state index in [1.165, 1.54) is 5.56 Å². The normalized spacial score (nSPS) is 17.9. The van der Waals surface area contributed by atoms with Crippen LogP contribution in [0.25, 0.3) is 27.6 Å². The molecular weight excluding hydrogens is 460 g/mol. The molecule has 0 N–H and O–H groups in total. The van der Waals surface area contributed by atoms with Crippen molar-refractivity contribution in [3.63, 3.8) is 0 Å². The maximum Gasteiger partial charge on any atom is 0.254 e. The van der Waals surface area contributed by atoms with Crippen molar-refractivity contribution in [3.05, 3.63) is 47.1 Å². The molecule has 0 aliphatic carbocycles. The molecule has 182 valence electrons. The zero-order valence-corrected chi connectivity index (χ0v) is 21.0. The second kappa shape index (κ2) is 9.62. The molecule has 2 saturated heterocycles. The number of aryl methyl sites for hydroxylation is 1. The fourth-order valence-corrected chi connectivity index (χ4v) is 5.56. The molecule has 1 aromatic carbocycles. The first-order valence-corrected chi connectivity index (χ1v) is 13.0. The lowest BCUT2D eigenvalue weighted by Crippen LogP contribution is -2.43. The zero-order chi connectivity index (χ0) is 23.8. The lowest BCUT2D eigenvalue weighted by molar-refractivity contribution is 0.122. The molecule has 10 heteroatoms. The quantitative estimate of drug-likeness (QED) is 0.423. The maximum atomic E-state index is 5.59. The van der Waals surface area contributed by atoms with Gasteiger partial charge in [0.1, 0.15) is 10.5 Å². The highest BCUT2D eigenvalue weighted by atomic mass is 32.1. The molecule has 0 spiro atoms. The number of aromatic nitrogens is 5. The van der Waals surface area contributed by atoms with Gasteiger partial charge in [-0.1, -0.05) is 35.1 Å². The van der Waals surface area contributed by atoms with Gasteiger partial charge in [-0.2, -0.15) is 15.1 Å². The predicted octanol–water partition coefficient (Wildman–Crippen LogP) is 2.83. The fraction of sp³-hybridized carbons (Fsp3) is 0.440.